The summed E-state index contributed by atoms with van der Waals surface area (Å²) in [4.78, 5) is 15.0. The van der Waals surface area contributed by atoms with Crippen LogP contribution in [-0.4, -0.2) is 62.9 Å². The molecular formula is C26H30N2O6S. The molecular weight excluding hydrogens is 468 g/mol. The molecule has 0 bridgehead atoms. The first-order valence-corrected chi connectivity index (χ1v) is 13.4. The van der Waals surface area contributed by atoms with Crippen molar-refractivity contribution in [3.05, 3.63) is 53.3 Å². The van der Waals surface area contributed by atoms with Crippen molar-refractivity contribution >= 4 is 26.9 Å². The number of nitrogens with zero attached hydrogens (tertiary/aromatic N) is 2. The topological polar surface area (TPSA) is 89.3 Å². The SMILES string of the molecule is Cc1cc2occ(CC(=O)N3CCN(S(=O)(=O)c4ccc5c(c4)OCCO5)CC3)c2cc1C(C)C. The van der Waals surface area contributed by atoms with Crippen LogP contribution in [0.5, 0.6) is 11.5 Å². The van der Waals surface area contributed by atoms with E-state index in [-0.39, 0.29) is 30.3 Å². The summed E-state index contributed by atoms with van der Waals surface area (Å²) < 4.78 is 44.5. The average molecular weight is 499 g/mol. The maximum absolute atomic E-state index is 13.2. The van der Waals surface area contributed by atoms with Gasteiger partial charge in [0.2, 0.25) is 15.9 Å². The zero-order chi connectivity index (χ0) is 24.7. The molecule has 1 aromatic heterocycles. The molecule has 0 N–H and O–H groups in total. The first-order chi connectivity index (χ1) is 16.7. The quantitative estimate of drug-likeness (QED) is 0.533. The minimum atomic E-state index is -3.70. The van der Waals surface area contributed by atoms with E-state index in [0.717, 1.165) is 16.5 Å². The van der Waals surface area contributed by atoms with Crippen LogP contribution in [-0.2, 0) is 21.2 Å². The Morgan fingerprint density at radius 3 is 2.43 bits per heavy atom. The molecule has 0 saturated carbocycles. The third kappa shape index (κ3) is 4.50. The van der Waals surface area contributed by atoms with Gasteiger partial charge in [0.15, 0.2) is 11.5 Å². The van der Waals surface area contributed by atoms with Crippen molar-refractivity contribution in [2.75, 3.05) is 39.4 Å². The van der Waals surface area contributed by atoms with E-state index in [2.05, 4.69) is 26.8 Å². The molecule has 0 atom stereocenters. The third-order valence-corrected chi connectivity index (χ3v) is 8.64. The van der Waals surface area contributed by atoms with E-state index in [4.69, 9.17) is 13.9 Å². The number of fused-ring (bicyclic) bond motifs is 2. The highest BCUT2D eigenvalue weighted by Crippen LogP contribution is 2.33. The smallest absolute Gasteiger partial charge is 0.243 e. The number of aryl methyl sites for hydroxylation is 1. The number of carbonyl (C=O) groups excluding carboxylic acids is 1. The van der Waals surface area contributed by atoms with Crippen molar-refractivity contribution in [1.29, 1.82) is 0 Å². The molecule has 0 unspecified atom stereocenters. The van der Waals surface area contributed by atoms with E-state index in [1.54, 1.807) is 17.2 Å². The lowest BCUT2D eigenvalue weighted by molar-refractivity contribution is -0.131. The molecule has 1 amide bonds. The Balaban J connectivity index is 1.26. The summed E-state index contributed by atoms with van der Waals surface area (Å²) >= 11 is 0. The fraction of sp³-hybridized carbons (Fsp3) is 0.423. The van der Waals surface area contributed by atoms with Crippen LogP contribution in [0.2, 0.25) is 0 Å². The van der Waals surface area contributed by atoms with Crippen molar-refractivity contribution in [1.82, 2.24) is 9.21 Å². The van der Waals surface area contributed by atoms with Crippen LogP contribution in [0, 0.1) is 6.92 Å². The third-order valence-electron chi connectivity index (χ3n) is 6.75. The molecule has 8 nitrogen and oxygen atoms in total. The second-order valence-corrected chi connectivity index (χ2v) is 11.3. The number of piperazine rings is 1. The minimum Gasteiger partial charge on any atom is -0.486 e. The lowest BCUT2D eigenvalue weighted by Gasteiger charge is -2.34. The van der Waals surface area contributed by atoms with Crippen LogP contribution >= 0.6 is 0 Å². The minimum absolute atomic E-state index is 0.0317. The number of ether oxygens (including phenoxy) is 2. The van der Waals surface area contributed by atoms with Gasteiger partial charge in [-0.15, -0.1) is 0 Å². The fourth-order valence-electron chi connectivity index (χ4n) is 4.79. The number of rotatable bonds is 5. The van der Waals surface area contributed by atoms with Gasteiger partial charge in [-0.3, -0.25) is 4.79 Å². The molecule has 35 heavy (non-hydrogen) atoms. The van der Waals surface area contributed by atoms with Crippen molar-refractivity contribution < 1.29 is 27.1 Å². The van der Waals surface area contributed by atoms with Gasteiger partial charge in [-0.2, -0.15) is 4.31 Å². The van der Waals surface area contributed by atoms with Gasteiger partial charge in [0, 0.05) is 43.2 Å². The average Bonchev–Trinajstić information content (AvgIpc) is 3.24. The van der Waals surface area contributed by atoms with Gasteiger partial charge in [0.25, 0.3) is 0 Å². The lowest BCUT2D eigenvalue weighted by Crippen LogP contribution is -2.50. The van der Waals surface area contributed by atoms with Gasteiger partial charge in [-0.1, -0.05) is 13.8 Å². The number of furan rings is 1. The Labute approximate surface area is 205 Å². The second-order valence-electron chi connectivity index (χ2n) is 9.39. The van der Waals surface area contributed by atoms with Crippen molar-refractivity contribution in [2.45, 2.75) is 38.0 Å². The summed E-state index contributed by atoms with van der Waals surface area (Å²) in [5.74, 6) is 1.33. The van der Waals surface area contributed by atoms with Crippen LogP contribution in [0.25, 0.3) is 11.0 Å². The Morgan fingerprint density at radius 1 is 1.00 bits per heavy atom. The predicted octanol–water partition coefficient (Wildman–Crippen LogP) is 3.71. The van der Waals surface area contributed by atoms with Gasteiger partial charge in [-0.05, 0) is 48.2 Å². The summed E-state index contributed by atoms with van der Waals surface area (Å²) in [6, 6.07) is 8.83. The molecule has 0 aliphatic carbocycles. The van der Waals surface area contributed by atoms with Gasteiger partial charge in [0.05, 0.1) is 17.6 Å². The summed E-state index contributed by atoms with van der Waals surface area (Å²) in [6.07, 6.45) is 1.89. The summed E-state index contributed by atoms with van der Waals surface area (Å²) in [5.41, 5.74) is 4.06. The first-order valence-electron chi connectivity index (χ1n) is 11.9. The molecule has 1 fully saturated rings. The van der Waals surface area contributed by atoms with Crippen LogP contribution in [0.15, 0.2) is 45.9 Å². The number of benzene rings is 2. The van der Waals surface area contributed by atoms with Crippen LogP contribution < -0.4 is 9.47 Å². The lowest BCUT2D eigenvalue weighted by atomic mass is 9.95. The van der Waals surface area contributed by atoms with Gasteiger partial charge in [0.1, 0.15) is 18.8 Å². The van der Waals surface area contributed by atoms with Gasteiger partial charge < -0.3 is 18.8 Å². The summed E-state index contributed by atoms with van der Waals surface area (Å²) in [7, 11) is -3.70. The Morgan fingerprint density at radius 2 is 1.71 bits per heavy atom. The highest BCUT2D eigenvalue weighted by Gasteiger charge is 2.31. The monoisotopic (exact) mass is 498 g/mol. The van der Waals surface area contributed by atoms with E-state index >= 15 is 0 Å². The summed E-state index contributed by atoms with van der Waals surface area (Å²) in [5, 5.41) is 0.965. The molecule has 186 valence electrons. The Kier molecular flexibility index (Phi) is 6.23. The number of hydrogen-bond acceptors (Lipinski definition) is 6. The molecule has 0 spiro atoms. The Bertz CT molecular complexity index is 1370. The normalized spacial score (nSPS) is 16.7. The molecule has 1 saturated heterocycles. The van der Waals surface area contributed by atoms with E-state index in [1.807, 2.05) is 6.07 Å². The molecule has 9 heteroatoms. The molecule has 3 heterocycles. The molecule has 2 aliphatic heterocycles. The Hall–Kier alpha value is -3.04. The van der Waals surface area contributed by atoms with Crippen LogP contribution in [0.1, 0.15) is 36.5 Å². The molecule has 3 aromatic rings. The maximum Gasteiger partial charge on any atom is 0.243 e. The number of hydrogen-bond donors (Lipinski definition) is 0. The van der Waals surface area contributed by atoms with E-state index in [9.17, 15) is 13.2 Å². The van der Waals surface area contributed by atoms with E-state index in [0.29, 0.717) is 43.7 Å². The molecule has 2 aromatic carbocycles. The standard InChI is InChI=1S/C26H30N2O6S/c1-17(2)21-15-22-19(16-34-24(22)12-18(21)3)13-26(29)27-6-8-28(9-7-27)35(30,31)20-4-5-23-25(14-20)33-11-10-32-23/h4-5,12,14-17H,6-11,13H2,1-3H3. The second kappa shape index (κ2) is 9.20. The van der Waals surface area contributed by atoms with Gasteiger partial charge >= 0.3 is 0 Å². The number of carbonyl (C=O) groups is 1. The maximum atomic E-state index is 13.2. The molecule has 5 rings (SSSR count). The zero-order valence-corrected chi connectivity index (χ0v) is 21.1. The largest absolute Gasteiger partial charge is 0.486 e. The van der Waals surface area contributed by atoms with Crippen molar-refractivity contribution in [2.24, 2.45) is 0 Å². The van der Waals surface area contributed by atoms with Gasteiger partial charge in [-0.25, -0.2) is 8.42 Å². The first kappa shape index (κ1) is 23.7. The van der Waals surface area contributed by atoms with Crippen LogP contribution in [0.3, 0.4) is 0 Å². The molecule has 2 aliphatic rings. The summed E-state index contributed by atoms with van der Waals surface area (Å²) in [6.45, 7) is 8.37. The van der Waals surface area contributed by atoms with Crippen LogP contribution in [0.4, 0.5) is 0 Å². The highest BCUT2D eigenvalue weighted by atomic mass is 32.2. The van der Waals surface area contributed by atoms with Crippen molar-refractivity contribution in [3.63, 3.8) is 0 Å². The highest BCUT2D eigenvalue weighted by molar-refractivity contribution is 7.89. The predicted molar refractivity (Wildman–Crippen MR) is 132 cm³/mol. The molecule has 0 radical (unpaired) electrons. The van der Waals surface area contributed by atoms with Crippen molar-refractivity contribution in [3.8, 4) is 11.5 Å². The fourth-order valence-corrected chi connectivity index (χ4v) is 6.23. The number of sulfonamides is 1. The number of amides is 1. The van der Waals surface area contributed by atoms with E-state index < -0.39 is 10.0 Å². The zero-order valence-electron chi connectivity index (χ0n) is 20.2. The van der Waals surface area contributed by atoms with E-state index in [1.165, 1.54) is 27.6 Å².